The van der Waals surface area contributed by atoms with Crippen LogP contribution in [-0.2, 0) is 0 Å². The topological polar surface area (TPSA) is 51.8 Å². The maximum Gasteiger partial charge on any atom is 0.160 e. The van der Waals surface area contributed by atoms with Gasteiger partial charge in [0.2, 0.25) is 0 Å². The molecule has 0 atom stereocenters. The van der Waals surface area contributed by atoms with Crippen LogP contribution in [0.2, 0.25) is 0 Å². The first kappa shape index (κ1) is 32.2. The van der Waals surface area contributed by atoms with Crippen LogP contribution in [0.25, 0.3) is 109 Å². The van der Waals surface area contributed by atoms with Crippen molar-refractivity contribution in [2.75, 3.05) is 0 Å². The van der Waals surface area contributed by atoms with E-state index in [1.54, 1.807) is 0 Å². The maximum atomic E-state index is 6.70. The molecule has 7 aromatic carbocycles. The molecule has 4 nitrogen and oxygen atoms in total. The van der Waals surface area contributed by atoms with E-state index in [0.717, 1.165) is 77.8 Å². The molecule has 0 spiro atoms. The van der Waals surface area contributed by atoms with Gasteiger partial charge in [-0.2, -0.15) is 0 Å². The standard InChI is InChI=1S/C51H31N3OS/c1-2-8-35(9-3-1)44-31-45(36-18-14-32(15-19-36)33-26-28-52-29-27-33)54-51(53-44)37-20-16-34(17-21-37)40-24-23-39(49-42-11-4-6-12-46(42)55-50(40)49)38-22-25-48-43(30-38)41-10-5-7-13-47(41)56-48/h1-31H. The third-order valence-corrected chi connectivity index (χ3v) is 11.8. The van der Waals surface area contributed by atoms with Gasteiger partial charge in [-0.25, -0.2) is 9.97 Å². The molecule has 0 N–H and O–H groups in total. The Balaban J connectivity index is 1.00. The second-order valence-electron chi connectivity index (χ2n) is 14.0. The fourth-order valence-electron chi connectivity index (χ4n) is 7.85. The molecular weight excluding hydrogens is 703 g/mol. The van der Waals surface area contributed by atoms with Gasteiger partial charge in [0.05, 0.1) is 11.4 Å². The molecule has 0 radical (unpaired) electrons. The predicted octanol–water partition coefficient (Wildman–Crippen LogP) is 14.1. The van der Waals surface area contributed by atoms with Crippen LogP contribution in [0.15, 0.2) is 193 Å². The summed E-state index contributed by atoms with van der Waals surface area (Å²) in [5.74, 6) is 0.673. The Hall–Kier alpha value is -7.21. The number of pyridine rings is 1. The molecule has 11 rings (SSSR count). The van der Waals surface area contributed by atoms with Crippen LogP contribution < -0.4 is 0 Å². The van der Waals surface area contributed by atoms with Gasteiger partial charge in [-0.15, -0.1) is 11.3 Å². The van der Waals surface area contributed by atoms with E-state index in [4.69, 9.17) is 14.4 Å². The fourth-order valence-corrected chi connectivity index (χ4v) is 8.93. The van der Waals surface area contributed by atoms with E-state index >= 15 is 0 Å². The number of fused-ring (bicyclic) bond motifs is 6. The highest BCUT2D eigenvalue weighted by atomic mass is 32.1. The zero-order valence-electron chi connectivity index (χ0n) is 30.1. The van der Waals surface area contributed by atoms with Gasteiger partial charge in [-0.3, -0.25) is 4.98 Å². The van der Waals surface area contributed by atoms with Crippen molar-refractivity contribution in [3.05, 3.63) is 188 Å². The van der Waals surface area contributed by atoms with Crippen molar-refractivity contribution in [2.45, 2.75) is 0 Å². The molecular formula is C51H31N3OS. The highest BCUT2D eigenvalue weighted by Gasteiger charge is 2.19. The van der Waals surface area contributed by atoms with Crippen LogP contribution in [0, 0.1) is 0 Å². The van der Waals surface area contributed by atoms with Crippen LogP contribution in [0.4, 0.5) is 0 Å². The van der Waals surface area contributed by atoms with Crippen LogP contribution >= 0.6 is 11.3 Å². The minimum absolute atomic E-state index is 0.673. The Kier molecular flexibility index (Phi) is 7.64. The van der Waals surface area contributed by atoms with Crippen molar-refractivity contribution >= 4 is 53.4 Å². The van der Waals surface area contributed by atoms with E-state index in [-0.39, 0.29) is 0 Å². The molecule has 0 amide bonds. The van der Waals surface area contributed by atoms with Gasteiger partial charge in [0.1, 0.15) is 11.2 Å². The van der Waals surface area contributed by atoms with Crippen molar-refractivity contribution < 1.29 is 4.42 Å². The van der Waals surface area contributed by atoms with Crippen molar-refractivity contribution in [1.29, 1.82) is 0 Å². The van der Waals surface area contributed by atoms with E-state index in [9.17, 15) is 0 Å². The Labute approximate surface area is 327 Å². The third kappa shape index (κ3) is 5.56. The largest absolute Gasteiger partial charge is 0.455 e. The minimum atomic E-state index is 0.673. The molecule has 0 saturated heterocycles. The summed E-state index contributed by atoms with van der Waals surface area (Å²) in [6, 6.07) is 61.8. The van der Waals surface area contributed by atoms with E-state index in [1.165, 1.54) is 25.7 Å². The number of para-hydroxylation sites is 1. The normalized spacial score (nSPS) is 11.6. The summed E-state index contributed by atoms with van der Waals surface area (Å²) in [4.78, 5) is 14.4. The SMILES string of the molecule is c1ccc(-c2cc(-c3ccc(-c4ccncc4)cc3)nc(-c3ccc(-c4ccc(-c5ccc6sc7ccccc7c6c5)c5c4oc4ccccc45)cc3)n2)cc1. The predicted molar refractivity (Wildman–Crippen MR) is 233 cm³/mol. The Bertz CT molecular complexity index is 3220. The average Bonchev–Trinajstić information content (AvgIpc) is 3.85. The van der Waals surface area contributed by atoms with Crippen molar-refractivity contribution in [2.24, 2.45) is 0 Å². The summed E-state index contributed by atoms with van der Waals surface area (Å²) < 4.78 is 9.30. The second-order valence-corrected chi connectivity index (χ2v) is 15.1. The van der Waals surface area contributed by atoms with Crippen LogP contribution in [0.3, 0.4) is 0 Å². The van der Waals surface area contributed by atoms with Crippen LogP contribution in [-0.4, -0.2) is 15.0 Å². The molecule has 0 aliphatic carbocycles. The van der Waals surface area contributed by atoms with Gasteiger partial charge >= 0.3 is 0 Å². The summed E-state index contributed by atoms with van der Waals surface area (Å²) in [6.07, 6.45) is 3.64. The number of nitrogens with zero attached hydrogens (tertiary/aromatic N) is 3. The minimum Gasteiger partial charge on any atom is -0.455 e. The zero-order chi connectivity index (χ0) is 37.0. The lowest BCUT2D eigenvalue weighted by molar-refractivity contribution is 0.670. The lowest BCUT2D eigenvalue weighted by Gasteiger charge is -2.11. The maximum absolute atomic E-state index is 6.70. The van der Waals surface area contributed by atoms with Gasteiger partial charge < -0.3 is 4.42 Å². The van der Waals surface area contributed by atoms with Crippen molar-refractivity contribution in [3.8, 4) is 67.3 Å². The Morgan fingerprint density at radius 3 is 1.79 bits per heavy atom. The van der Waals surface area contributed by atoms with Crippen LogP contribution in [0.5, 0.6) is 0 Å². The number of benzene rings is 7. The monoisotopic (exact) mass is 733 g/mol. The number of hydrogen-bond acceptors (Lipinski definition) is 5. The Morgan fingerprint density at radius 2 is 0.982 bits per heavy atom. The molecule has 56 heavy (non-hydrogen) atoms. The Morgan fingerprint density at radius 1 is 0.393 bits per heavy atom. The molecule has 5 heteroatoms. The van der Waals surface area contributed by atoms with E-state index in [2.05, 4.69) is 145 Å². The number of aromatic nitrogens is 3. The molecule has 0 unspecified atom stereocenters. The summed E-state index contributed by atoms with van der Waals surface area (Å²) in [7, 11) is 0. The first-order valence-electron chi connectivity index (χ1n) is 18.7. The third-order valence-electron chi connectivity index (χ3n) is 10.7. The van der Waals surface area contributed by atoms with E-state index in [1.807, 2.05) is 60.1 Å². The van der Waals surface area contributed by atoms with Gasteiger partial charge in [0, 0.05) is 65.6 Å². The lowest BCUT2D eigenvalue weighted by Crippen LogP contribution is -1.96. The van der Waals surface area contributed by atoms with E-state index in [0.29, 0.717) is 5.82 Å². The molecule has 4 aromatic heterocycles. The second kappa shape index (κ2) is 13.3. The van der Waals surface area contributed by atoms with Crippen molar-refractivity contribution in [1.82, 2.24) is 15.0 Å². The molecule has 262 valence electrons. The summed E-state index contributed by atoms with van der Waals surface area (Å²) in [5, 5.41) is 4.81. The number of thiophene rings is 1. The number of hydrogen-bond donors (Lipinski definition) is 0. The first-order valence-corrected chi connectivity index (χ1v) is 19.5. The van der Waals surface area contributed by atoms with Gasteiger partial charge in [0.25, 0.3) is 0 Å². The van der Waals surface area contributed by atoms with Gasteiger partial charge in [-0.1, -0.05) is 127 Å². The summed E-state index contributed by atoms with van der Waals surface area (Å²) >= 11 is 1.84. The van der Waals surface area contributed by atoms with Crippen LogP contribution in [0.1, 0.15) is 0 Å². The molecule has 0 aliphatic heterocycles. The molecule has 0 fully saturated rings. The first-order chi connectivity index (χ1) is 27.7. The highest BCUT2D eigenvalue weighted by Crippen LogP contribution is 2.44. The zero-order valence-corrected chi connectivity index (χ0v) is 30.9. The smallest absolute Gasteiger partial charge is 0.160 e. The number of rotatable bonds is 6. The highest BCUT2D eigenvalue weighted by molar-refractivity contribution is 7.25. The summed E-state index contributed by atoms with van der Waals surface area (Å²) in [6.45, 7) is 0. The number of furan rings is 1. The van der Waals surface area contributed by atoms with Gasteiger partial charge in [-0.05, 0) is 76.3 Å². The molecule has 0 bridgehead atoms. The molecule has 0 saturated carbocycles. The van der Waals surface area contributed by atoms with Gasteiger partial charge in [0.15, 0.2) is 5.82 Å². The van der Waals surface area contributed by atoms with Crippen molar-refractivity contribution in [3.63, 3.8) is 0 Å². The fraction of sp³-hybridized carbons (Fsp3) is 0. The van der Waals surface area contributed by atoms with E-state index < -0.39 is 0 Å². The quantitative estimate of drug-likeness (QED) is 0.171. The molecule has 0 aliphatic rings. The summed E-state index contributed by atoms with van der Waals surface area (Å²) in [5.41, 5.74) is 13.2. The molecule has 11 aromatic rings. The lowest BCUT2D eigenvalue weighted by atomic mass is 9.93. The average molecular weight is 734 g/mol. The molecule has 4 heterocycles.